The van der Waals surface area contributed by atoms with E-state index in [9.17, 15) is 9.59 Å². The third-order valence-electron chi connectivity index (χ3n) is 3.52. The highest BCUT2D eigenvalue weighted by molar-refractivity contribution is 5.96. The van der Waals surface area contributed by atoms with Crippen LogP contribution in [0.25, 0.3) is 0 Å². The number of hydrogen-bond acceptors (Lipinski definition) is 5. The van der Waals surface area contributed by atoms with Gasteiger partial charge in [-0.3, -0.25) is 4.79 Å². The van der Waals surface area contributed by atoms with Crippen LogP contribution in [-0.2, 0) is 4.74 Å². The molecule has 2 N–H and O–H groups in total. The molecular formula is C17H17N3O3. The highest BCUT2D eigenvalue weighted by Gasteiger charge is 2.24. The van der Waals surface area contributed by atoms with Gasteiger partial charge in [0.1, 0.15) is 5.69 Å². The molecule has 1 saturated carbocycles. The van der Waals surface area contributed by atoms with E-state index in [2.05, 4.69) is 15.6 Å². The average molecular weight is 311 g/mol. The van der Waals surface area contributed by atoms with Gasteiger partial charge in [-0.2, -0.15) is 0 Å². The molecule has 6 heteroatoms. The third-order valence-corrected chi connectivity index (χ3v) is 3.52. The second-order valence-corrected chi connectivity index (χ2v) is 5.34. The maximum Gasteiger partial charge on any atom is 0.339 e. The maximum absolute atomic E-state index is 11.9. The molecule has 3 rings (SSSR count). The fourth-order valence-electron chi connectivity index (χ4n) is 2.12. The molecular weight excluding hydrogens is 294 g/mol. The van der Waals surface area contributed by atoms with Crippen molar-refractivity contribution in [3.63, 3.8) is 0 Å². The molecule has 1 heterocycles. The van der Waals surface area contributed by atoms with E-state index >= 15 is 0 Å². The largest absolute Gasteiger partial charge is 0.465 e. The number of pyridine rings is 1. The molecule has 0 atom stereocenters. The van der Waals surface area contributed by atoms with E-state index in [1.54, 1.807) is 36.5 Å². The molecule has 1 amide bonds. The van der Waals surface area contributed by atoms with Gasteiger partial charge in [0.05, 0.1) is 30.2 Å². The number of carbonyl (C=O) groups excluding carboxylic acids is 2. The standard InChI is InChI=1S/C17H17N3O3/c1-23-17(22)13-4-2-3-5-14(13)19-12-8-9-15(18-10-12)16(21)20-11-6-7-11/h2-5,8-11,19H,6-7H2,1H3,(H,20,21). The lowest BCUT2D eigenvalue weighted by atomic mass is 10.1. The van der Waals surface area contributed by atoms with Gasteiger partial charge in [-0.25, -0.2) is 9.78 Å². The first-order chi connectivity index (χ1) is 11.2. The van der Waals surface area contributed by atoms with E-state index in [1.165, 1.54) is 7.11 Å². The Morgan fingerprint density at radius 2 is 1.96 bits per heavy atom. The Kier molecular flexibility index (Phi) is 4.23. The van der Waals surface area contributed by atoms with Crippen LogP contribution in [0.4, 0.5) is 11.4 Å². The summed E-state index contributed by atoms with van der Waals surface area (Å²) in [6, 6.07) is 10.7. The second kappa shape index (κ2) is 6.48. The van der Waals surface area contributed by atoms with Crippen LogP contribution in [-0.4, -0.2) is 30.0 Å². The first kappa shape index (κ1) is 15.0. The number of para-hydroxylation sites is 1. The first-order valence-electron chi connectivity index (χ1n) is 7.38. The number of amides is 1. The van der Waals surface area contributed by atoms with Gasteiger partial charge < -0.3 is 15.4 Å². The number of ether oxygens (including phenoxy) is 1. The summed E-state index contributed by atoms with van der Waals surface area (Å²) in [7, 11) is 1.34. The molecule has 23 heavy (non-hydrogen) atoms. The number of methoxy groups -OCH3 is 1. The Morgan fingerprint density at radius 3 is 2.61 bits per heavy atom. The summed E-state index contributed by atoms with van der Waals surface area (Å²) >= 11 is 0. The lowest BCUT2D eigenvalue weighted by Gasteiger charge is -2.10. The lowest BCUT2D eigenvalue weighted by molar-refractivity contribution is 0.0601. The van der Waals surface area contributed by atoms with E-state index in [0.717, 1.165) is 12.8 Å². The average Bonchev–Trinajstić information content (AvgIpc) is 3.39. The SMILES string of the molecule is COC(=O)c1ccccc1Nc1ccc(C(=O)NC2CC2)nc1. The Hall–Kier alpha value is -2.89. The molecule has 6 nitrogen and oxygen atoms in total. The molecule has 1 aromatic carbocycles. The summed E-state index contributed by atoms with van der Waals surface area (Å²) in [5, 5.41) is 6.00. The molecule has 118 valence electrons. The maximum atomic E-state index is 11.9. The quantitative estimate of drug-likeness (QED) is 0.829. The van der Waals surface area contributed by atoms with E-state index < -0.39 is 5.97 Å². The van der Waals surface area contributed by atoms with E-state index in [1.807, 2.05) is 6.07 Å². The van der Waals surface area contributed by atoms with Crippen molar-refractivity contribution in [3.05, 3.63) is 53.9 Å². The molecule has 1 fully saturated rings. The van der Waals surface area contributed by atoms with Crippen molar-refractivity contribution in [2.45, 2.75) is 18.9 Å². The minimum atomic E-state index is -0.415. The number of anilines is 2. The number of aromatic nitrogens is 1. The van der Waals surface area contributed by atoms with Gasteiger partial charge in [-0.1, -0.05) is 12.1 Å². The first-order valence-corrected chi connectivity index (χ1v) is 7.38. The monoisotopic (exact) mass is 311 g/mol. The third kappa shape index (κ3) is 3.66. The molecule has 1 aliphatic rings. The zero-order chi connectivity index (χ0) is 16.2. The van der Waals surface area contributed by atoms with Gasteiger partial charge in [0.2, 0.25) is 0 Å². The summed E-state index contributed by atoms with van der Waals surface area (Å²) in [6.45, 7) is 0. The minimum Gasteiger partial charge on any atom is -0.465 e. The van der Waals surface area contributed by atoms with E-state index in [4.69, 9.17) is 4.74 Å². The van der Waals surface area contributed by atoms with Gasteiger partial charge >= 0.3 is 5.97 Å². The van der Waals surface area contributed by atoms with Crippen LogP contribution >= 0.6 is 0 Å². The zero-order valence-electron chi connectivity index (χ0n) is 12.7. The number of benzene rings is 1. The lowest BCUT2D eigenvalue weighted by Crippen LogP contribution is -2.26. The Bertz CT molecular complexity index is 724. The number of hydrogen-bond donors (Lipinski definition) is 2. The summed E-state index contributed by atoms with van der Waals surface area (Å²) in [4.78, 5) is 27.8. The van der Waals surface area contributed by atoms with Crippen LogP contribution in [0.1, 0.15) is 33.7 Å². The number of rotatable bonds is 5. The van der Waals surface area contributed by atoms with Crippen molar-refractivity contribution in [2.75, 3.05) is 12.4 Å². The minimum absolute atomic E-state index is 0.158. The normalized spacial score (nSPS) is 13.3. The molecule has 0 bridgehead atoms. The highest BCUT2D eigenvalue weighted by atomic mass is 16.5. The van der Waals surface area contributed by atoms with Crippen LogP contribution in [0.5, 0.6) is 0 Å². The van der Waals surface area contributed by atoms with Crippen molar-refractivity contribution in [1.82, 2.24) is 10.3 Å². The van der Waals surface area contributed by atoms with Crippen LogP contribution in [0, 0.1) is 0 Å². The molecule has 0 saturated heterocycles. The van der Waals surface area contributed by atoms with E-state index in [-0.39, 0.29) is 5.91 Å². The van der Waals surface area contributed by atoms with E-state index in [0.29, 0.717) is 28.7 Å². The van der Waals surface area contributed by atoms with Gasteiger partial charge in [-0.05, 0) is 37.1 Å². The summed E-state index contributed by atoms with van der Waals surface area (Å²) in [5.74, 6) is -0.574. The fourth-order valence-corrected chi connectivity index (χ4v) is 2.12. The summed E-state index contributed by atoms with van der Waals surface area (Å²) < 4.78 is 4.76. The fraction of sp³-hybridized carbons (Fsp3) is 0.235. The molecule has 1 aromatic heterocycles. The number of nitrogens with one attached hydrogen (secondary N) is 2. The highest BCUT2D eigenvalue weighted by Crippen LogP contribution is 2.22. The molecule has 0 radical (unpaired) electrons. The van der Waals surface area contributed by atoms with Crippen LogP contribution < -0.4 is 10.6 Å². The molecule has 0 spiro atoms. The predicted molar refractivity (Wildman–Crippen MR) is 85.8 cm³/mol. The van der Waals surface area contributed by atoms with Crippen molar-refractivity contribution in [3.8, 4) is 0 Å². The number of carbonyl (C=O) groups is 2. The molecule has 0 aliphatic heterocycles. The van der Waals surface area contributed by atoms with Gasteiger partial charge in [0.25, 0.3) is 5.91 Å². The van der Waals surface area contributed by atoms with Gasteiger partial charge in [-0.15, -0.1) is 0 Å². The topological polar surface area (TPSA) is 80.3 Å². The smallest absolute Gasteiger partial charge is 0.339 e. The van der Waals surface area contributed by atoms with Crippen molar-refractivity contribution < 1.29 is 14.3 Å². The number of esters is 1. The molecule has 1 aliphatic carbocycles. The van der Waals surface area contributed by atoms with Crippen LogP contribution in [0.2, 0.25) is 0 Å². The second-order valence-electron chi connectivity index (χ2n) is 5.34. The van der Waals surface area contributed by atoms with Crippen molar-refractivity contribution in [1.29, 1.82) is 0 Å². The van der Waals surface area contributed by atoms with Gasteiger partial charge in [0.15, 0.2) is 0 Å². The molecule has 0 unspecified atom stereocenters. The summed E-state index contributed by atoms with van der Waals surface area (Å²) in [5.41, 5.74) is 2.12. The van der Waals surface area contributed by atoms with Gasteiger partial charge in [0, 0.05) is 6.04 Å². The van der Waals surface area contributed by atoms with Crippen molar-refractivity contribution in [2.24, 2.45) is 0 Å². The molecule has 2 aromatic rings. The number of nitrogens with zero attached hydrogens (tertiary/aromatic N) is 1. The predicted octanol–water partition coefficient (Wildman–Crippen LogP) is 2.50. The van der Waals surface area contributed by atoms with Crippen molar-refractivity contribution >= 4 is 23.3 Å². The Labute approximate surface area is 133 Å². The van der Waals surface area contributed by atoms with Crippen LogP contribution in [0.15, 0.2) is 42.6 Å². The Balaban J connectivity index is 1.73. The summed E-state index contributed by atoms with van der Waals surface area (Å²) in [6.07, 6.45) is 3.64. The Morgan fingerprint density at radius 1 is 1.17 bits per heavy atom. The zero-order valence-corrected chi connectivity index (χ0v) is 12.7. The van der Waals surface area contributed by atoms with Crippen LogP contribution in [0.3, 0.4) is 0 Å².